The van der Waals surface area contributed by atoms with Gasteiger partial charge in [-0.3, -0.25) is 0 Å². The molecular weight excluding hydrogens is 294 g/mol. The van der Waals surface area contributed by atoms with E-state index in [2.05, 4.69) is 21.9 Å². The van der Waals surface area contributed by atoms with Crippen LogP contribution in [-0.4, -0.2) is 31.7 Å². The zero-order valence-corrected chi connectivity index (χ0v) is 13.5. The molecule has 2 heterocycles. The Balaban J connectivity index is 1.75. The van der Waals surface area contributed by atoms with E-state index in [1.807, 2.05) is 6.20 Å². The summed E-state index contributed by atoms with van der Waals surface area (Å²) in [4.78, 5) is 5.41. The van der Waals surface area contributed by atoms with Gasteiger partial charge in [0.1, 0.15) is 5.01 Å². The molecule has 1 saturated heterocycles. The van der Waals surface area contributed by atoms with Crippen molar-refractivity contribution in [2.45, 2.75) is 51.6 Å². The molecule has 0 bridgehead atoms. The highest BCUT2D eigenvalue weighted by Gasteiger charge is 2.17. The van der Waals surface area contributed by atoms with E-state index in [0.29, 0.717) is 19.0 Å². The highest BCUT2D eigenvalue weighted by atomic mass is 32.2. The topological polar surface area (TPSA) is 71.1 Å². The number of sulfonamides is 1. The Kier molecular flexibility index (Phi) is 5.95. The predicted octanol–water partition coefficient (Wildman–Crippen LogP) is 1.66. The van der Waals surface area contributed by atoms with Gasteiger partial charge in [-0.15, -0.1) is 11.3 Å². The summed E-state index contributed by atoms with van der Waals surface area (Å²) < 4.78 is 26.6. The molecule has 0 amide bonds. The highest BCUT2D eigenvalue weighted by Crippen LogP contribution is 2.14. The lowest BCUT2D eigenvalue weighted by Gasteiger charge is -2.23. The van der Waals surface area contributed by atoms with E-state index in [4.69, 9.17) is 0 Å². The quantitative estimate of drug-likeness (QED) is 0.802. The van der Waals surface area contributed by atoms with Crippen LogP contribution in [0.3, 0.4) is 0 Å². The maximum absolute atomic E-state index is 12.0. The molecule has 1 fully saturated rings. The zero-order valence-electron chi connectivity index (χ0n) is 11.9. The van der Waals surface area contributed by atoms with Gasteiger partial charge in [0.15, 0.2) is 0 Å². The lowest BCUT2D eigenvalue weighted by atomic mass is 10.0. The first-order chi connectivity index (χ1) is 9.59. The highest BCUT2D eigenvalue weighted by molar-refractivity contribution is 7.89. The van der Waals surface area contributed by atoms with Gasteiger partial charge in [0.05, 0.1) is 12.3 Å². The second-order valence-corrected chi connectivity index (χ2v) is 8.28. The van der Waals surface area contributed by atoms with E-state index in [1.165, 1.54) is 17.7 Å². The lowest BCUT2D eigenvalue weighted by Crippen LogP contribution is -2.37. The molecule has 5 nitrogen and oxygen atoms in total. The van der Waals surface area contributed by atoms with E-state index in [-0.39, 0.29) is 5.75 Å². The number of piperidine rings is 1. The van der Waals surface area contributed by atoms with Gasteiger partial charge in [0.2, 0.25) is 10.0 Å². The van der Waals surface area contributed by atoms with Gasteiger partial charge in [0, 0.05) is 17.1 Å². The summed E-state index contributed by atoms with van der Waals surface area (Å²) in [7, 11) is -3.20. The van der Waals surface area contributed by atoms with Crippen LogP contribution >= 0.6 is 11.3 Å². The van der Waals surface area contributed by atoms with Crippen molar-refractivity contribution in [2.75, 3.05) is 12.3 Å². The van der Waals surface area contributed by atoms with Crippen molar-refractivity contribution in [1.82, 2.24) is 15.0 Å². The zero-order chi connectivity index (χ0) is 14.4. The number of aryl methyl sites for hydroxylation is 1. The van der Waals surface area contributed by atoms with E-state index >= 15 is 0 Å². The average Bonchev–Trinajstić information content (AvgIpc) is 2.93. The number of hydrogen-bond acceptors (Lipinski definition) is 5. The SMILES string of the molecule is CCc1cnc(CNS(=O)(=O)CCC2CCCCN2)s1. The van der Waals surface area contributed by atoms with Crippen LogP contribution in [0.5, 0.6) is 0 Å². The molecule has 2 rings (SSSR count). The summed E-state index contributed by atoms with van der Waals surface area (Å²) in [5, 5.41) is 4.21. The molecule has 1 atom stereocenters. The summed E-state index contributed by atoms with van der Waals surface area (Å²) in [6.07, 6.45) is 6.93. The molecule has 0 aliphatic carbocycles. The summed E-state index contributed by atoms with van der Waals surface area (Å²) in [6, 6.07) is 0.354. The van der Waals surface area contributed by atoms with Crippen molar-refractivity contribution < 1.29 is 8.42 Å². The van der Waals surface area contributed by atoms with E-state index in [9.17, 15) is 8.42 Å². The van der Waals surface area contributed by atoms with Crippen LogP contribution in [0.4, 0.5) is 0 Å². The van der Waals surface area contributed by atoms with Crippen molar-refractivity contribution in [3.05, 3.63) is 16.1 Å². The Bertz CT molecular complexity index is 507. The Morgan fingerprint density at radius 1 is 1.50 bits per heavy atom. The molecule has 7 heteroatoms. The molecule has 0 aromatic carbocycles. The average molecular weight is 317 g/mol. The van der Waals surface area contributed by atoms with Crippen molar-refractivity contribution >= 4 is 21.4 Å². The Hall–Kier alpha value is -0.500. The molecular formula is C13H23N3O2S2. The molecule has 1 aromatic heterocycles. The van der Waals surface area contributed by atoms with Crippen LogP contribution in [0.1, 0.15) is 42.5 Å². The minimum atomic E-state index is -3.20. The van der Waals surface area contributed by atoms with Gasteiger partial charge >= 0.3 is 0 Å². The van der Waals surface area contributed by atoms with Crippen molar-refractivity contribution in [1.29, 1.82) is 0 Å². The molecule has 1 aliphatic rings. The third kappa shape index (κ3) is 5.12. The van der Waals surface area contributed by atoms with E-state index in [1.54, 1.807) is 11.3 Å². The van der Waals surface area contributed by atoms with Gasteiger partial charge in [-0.2, -0.15) is 0 Å². The second-order valence-electron chi connectivity index (χ2n) is 5.15. The Morgan fingerprint density at radius 3 is 3.00 bits per heavy atom. The van der Waals surface area contributed by atoms with Crippen LogP contribution in [0.2, 0.25) is 0 Å². The smallest absolute Gasteiger partial charge is 0.212 e. The van der Waals surface area contributed by atoms with Gasteiger partial charge in [-0.05, 0) is 32.2 Å². The first-order valence-electron chi connectivity index (χ1n) is 7.23. The fourth-order valence-corrected chi connectivity index (χ4v) is 4.29. The molecule has 20 heavy (non-hydrogen) atoms. The number of hydrogen-bond donors (Lipinski definition) is 2. The fourth-order valence-electron chi connectivity index (χ4n) is 2.30. The summed E-state index contributed by atoms with van der Waals surface area (Å²) >= 11 is 1.57. The van der Waals surface area contributed by atoms with Crippen LogP contribution < -0.4 is 10.0 Å². The third-order valence-electron chi connectivity index (χ3n) is 3.54. The van der Waals surface area contributed by atoms with Gasteiger partial charge in [0.25, 0.3) is 0 Å². The van der Waals surface area contributed by atoms with E-state index < -0.39 is 10.0 Å². The molecule has 1 aliphatic heterocycles. The summed E-state index contributed by atoms with van der Waals surface area (Å²) in [6.45, 7) is 3.39. The molecule has 114 valence electrons. The third-order valence-corrected chi connectivity index (χ3v) is 6.04. The number of aromatic nitrogens is 1. The van der Waals surface area contributed by atoms with Gasteiger partial charge in [-0.25, -0.2) is 18.1 Å². The largest absolute Gasteiger partial charge is 0.314 e. The fraction of sp³-hybridized carbons (Fsp3) is 0.769. The normalized spacial score (nSPS) is 20.1. The Morgan fingerprint density at radius 2 is 2.35 bits per heavy atom. The van der Waals surface area contributed by atoms with E-state index in [0.717, 1.165) is 24.4 Å². The number of nitrogens with zero attached hydrogens (tertiary/aromatic N) is 1. The second kappa shape index (κ2) is 7.49. The monoisotopic (exact) mass is 317 g/mol. The molecule has 2 N–H and O–H groups in total. The van der Waals surface area contributed by atoms with Crippen LogP contribution in [-0.2, 0) is 23.0 Å². The van der Waals surface area contributed by atoms with Crippen molar-refractivity contribution in [3.63, 3.8) is 0 Å². The van der Waals surface area contributed by atoms with Gasteiger partial charge < -0.3 is 5.32 Å². The molecule has 1 aromatic rings. The maximum Gasteiger partial charge on any atom is 0.212 e. The van der Waals surface area contributed by atoms with Crippen molar-refractivity contribution in [3.8, 4) is 0 Å². The summed E-state index contributed by atoms with van der Waals surface area (Å²) in [5.74, 6) is 0.191. The first-order valence-corrected chi connectivity index (χ1v) is 9.70. The minimum absolute atomic E-state index is 0.191. The number of nitrogens with one attached hydrogen (secondary N) is 2. The Labute approximate surface area is 125 Å². The summed E-state index contributed by atoms with van der Waals surface area (Å²) in [5.41, 5.74) is 0. The maximum atomic E-state index is 12.0. The van der Waals surface area contributed by atoms with Gasteiger partial charge in [-0.1, -0.05) is 13.3 Å². The first kappa shape index (κ1) is 15.9. The standard InChI is InChI=1S/C13H23N3O2S2/c1-2-12-9-15-13(19-12)10-16-20(17,18)8-6-11-5-3-4-7-14-11/h9,11,14,16H,2-8,10H2,1H3. The molecule has 0 saturated carbocycles. The van der Waals surface area contributed by atoms with Crippen LogP contribution in [0.15, 0.2) is 6.20 Å². The van der Waals surface area contributed by atoms with Crippen LogP contribution in [0, 0.1) is 0 Å². The predicted molar refractivity (Wildman–Crippen MR) is 82.4 cm³/mol. The number of thiazole rings is 1. The lowest BCUT2D eigenvalue weighted by molar-refractivity contribution is 0.392. The minimum Gasteiger partial charge on any atom is -0.314 e. The van der Waals surface area contributed by atoms with Crippen LogP contribution in [0.25, 0.3) is 0 Å². The molecule has 0 spiro atoms. The molecule has 0 radical (unpaired) electrons. The van der Waals surface area contributed by atoms with Crippen molar-refractivity contribution in [2.24, 2.45) is 0 Å². The molecule has 1 unspecified atom stereocenters. The number of rotatable bonds is 7.